The first-order valence-corrected chi connectivity index (χ1v) is 18.2. The quantitative estimate of drug-likeness (QED) is 0.230. The van der Waals surface area contributed by atoms with E-state index in [0.717, 1.165) is 36.4 Å². The van der Waals surface area contributed by atoms with Gasteiger partial charge < -0.3 is 19.1 Å². The molecule has 0 atom stereocenters. The molecule has 2 aliphatic heterocycles. The van der Waals surface area contributed by atoms with Crippen LogP contribution in [0.1, 0.15) is 59.5 Å². The van der Waals surface area contributed by atoms with E-state index in [4.69, 9.17) is 9.72 Å². The molecular weight excluding hydrogens is 680 g/mol. The molecule has 14 heteroatoms. The van der Waals surface area contributed by atoms with Gasteiger partial charge in [-0.1, -0.05) is 0 Å². The molecule has 1 N–H and O–H groups in total. The summed E-state index contributed by atoms with van der Waals surface area (Å²) < 4.78 is 37.4. The third kappa shape index (κ3) is 7.87. The fourth-order valence-corrected chi connectivity index (χ4v) is 7.14. The van der Waals surface area contributed by atoms with Gasteiger partial charge in [-0.25, -0.2) is 18.4 Å². The number of aryl methyl sites for hydroxylation is 3. The number of carbonyl (C=O) groups is 2. The highest BCUT2D eigenvalue weighted by atomic mass is 19.1. The zero-order chi connectivity index (χ0) is 37.2. The molecule has 0 spiro atoms. The van der Waals surface area contributed by atoms with Gasteiger partial charge in [0.25, 0.3) is 11.8 Å². The van der Waals surface area contributed by atoms with Crippen LogP contribution in [0, 0.1) is 18.6 Å². The number of nitrogens with zero attached hydrogens (tertiary/aromatic N) is 8. The zero-order valence-corrected chi connectivity index (χ0v) is 30.6. The lowest BCUT2D eigenvalue weighted by molar-refractivity contribution is 0.0679. The molecule has 1 saturated heterocycles. The number of ether oxygens (including phenoxy) is 1. The van der Waals surface area contributed by atoms with Crippen molar-refractivity contribution in [2.24, 2.45) is 7.05 Å². The van der Waals surface area contributed by atoms with E-state index >= 15 is 0 Å². The van der Waals surface area contributed by atoms with Crippen LogP contribution in [0.3, 0.4) is 0 Å². The normalized spacial score (nSPS) is 15.7. The fourth-order valence-electron chi connectivity index (χ4n) is 7.14. The molecule has 1 fully saturated rings. The van der Waals surface area contributed by atoms with E-state index in [-0.39, 0.29) is 17.9 Å². The Morgan fingerprint density at radius 3 is 2.49 bits per heavy atom. The summed E-state index contributed by atoms with van der Waals surface area (Å²) in [6, 6.07) is 12.6. The van der Waals surface area contributed by atoms with Crippen LogP contribution in [-0.2, 0) is 13.6 Å². The summed E-state index contributed by atoms with van der Waals surface area (Å²) in [6.45, 7) is 10.9. The minimum atomic E-state index is -0.583. The third-order valence-electron chi connectivity index (χ3n) is 9.99. The van der Waals surface area contributed by atoms with Crippen molar-refractivity contribution in [3.8, 4) is 17.1 Å². The summed E-state index contributed by atoms with van der Waals surface area (Å²) in [7, 11) is 1.82. The lowest BCUT2D eigenvalue weighted by atomic mass is 10.1. The third-order valence-corrected chi connectivity index (χ3v) is 9.99. The number of pyridine rings is 1. The number of hydrogen-bond acceptors (Lipinski definition) is 8. The van der Waals surface area contributed by atoms with Crippen molar-refractivity contribution in [3.63, 3.8) is 0 Å². The molecule has 53 heavy (non-hydrogen) atoms. The highest BCUT2D eigenvalue weighted by molar-refractivity contribution is 6.05. The summed E-state index contributed by atoms with van der Waals surface area (Å²) in [6.07, 6.45) is 4.20. The minimum Gasteiger partial charge on any atom is -0.477 e. The topological polar surface area (TPSA) is 114 Å². The Balaban J connectivity index is 1.09. The number of rotatable bonds is 6. The van der Waals surface area contributed by atoms with E-state index in [1.165, 1.54) is 12.1 Å². The summed E-state index contributed by atoms with van der Waals surface area (Å²) >= 11 is 0. The van der Waals surface area contributed by atoms with Crippen LogP contribution in [0.4, 0.5) is 20.4 Å². The van der Waals surface area contributed by atoms with Crippen molar-refractivity contribution >= 4 is 34.5 Å². The number of benzene rings is 2. The Labute approximate surface area is 307 Å². The predicted octanol–water partition coefficient (Wildman–Crippen LogP) is 5.91. The highest BCUT2D eigenvalue weighted by Crippen LogP contribution is 2.30. The van der Waals surface area contributed by atoms with Crippen LogP contribution in [0.5, 0.6) is 5.88 Å². The van der Waals surface area contributed by atoms with Gasteiger partial charge in [-0.2, -0.15) is 5.10 Å². The van der Waals surface area contributed by atoms with E-state index < -0.39 is 11.6 Å². The molecule has 0 unspecified atom stereocenters. The monoisotopic (exact) mass is 725 g/mol. The molecule has 278 valence electrons. The average molecular weight is 726 g/mol. The van der Waals surface area contributed by atoms with E-state index in [0.29, 0.717) is 98.0 Å². The molecule has 5 heterocycles. The van der Waals surface area contributed by atoms with Gasteiger partial charge in [0, 0.05) is 87.5 Å². The summed E-state index contributed by atoms with van der Waals surface area (Å²) in [4.78, 5) is 43.4. The zero-order valence-electron chi connectivity index (χ0n) is 30.6. The van der Waals surface area contributed by atoms with Crippen LogP contribution < -0.4 is 15.0 Å². The maximum absolute atomic E-state index is 14.1. The van der Waals surface area contributed by atoms with Gasteiger partial charge in [0.1, 0.15) is 11.6 Å². The van der Waals surface area contributed by atoms with E-state index in [9.17, 15) is 18.4 Å². The Hall–Kier alpha value is -5.37. The molecular formula is C39H45F2N9O3. The molecule has 2 aromatic carbocycles. The lowest BCUT2D eigenvalue weighted by Gasteiger charge is -2.37. The number of halogens is 2. The first-order valence-electron chi connectivity index (χ1n) is 18.2. The van der Waals surface area contributed by atoms with Gasteiger partial charge in [-0.3, -0.25) is 24.8 Å². The number of imidazole rings is 1. The Bertz CT molecular complexity index is 2120. The molecule has 7 rings (SSSR count). The number of amides is 2. The van der Waals surface area contributed by atoms with Gasteiger partial charge >= 0.3 is 0 Å². The number of nitrogens with one attached hydrogen (secondary N) is 1. The van der Waals surface area contributed by atoms with E-state index in [1.54, 1.807) is 29.1 Å². The Morgan fingerprint density at radius 1 is 0.962 bits per heavy atom. The van der Waals surface area contributed by atoms with Crippen LogP contribution in [-0.4, -0.2) is 97.8 Å². The minimum absolute atomic E-state index is 0.0463. The summed E-state index contributed by atoms with van der Waals surface area (Å²) in [5.74, 6) is -0.546. The number of aromatic nitrogens is 5. The van der Waals surface area contributed by atoms with Gasteiger partial charge in [-0.15, -0.1) is 0 Å². The number of fused-ring (bicyclic) bond motifs is 7. The molecule has 3 aromatic heterocycles. The second kappa shape index (κ2) is 15.3. The Morgan fingerprint density at radius 2 is 1.74 bits per heavy atom. The van der Waals surface area contributed by atoms with Crippen molar-refractivity contribution in [2.75, 3.05) is 56.1 Å². The smallest absolute Gasteiger partial charge is 0.258 e. The SMILES string of the molecule is Cc1cc2cc(n1)-c1cnn(C)c1OCCCCCn1c(nc3ccc(C(=O)N(CCN4CCN(c5cc(F)cc(F)c5)CC4)C(C)C)cc31)NC2=O. The van der Waals surface area contributed by atoms with Gasteiger partial charge in [0.15, 0.2) is 0 Å². The molecule has 2 amide bonds. The molecule has 12 nitrogen and oxygen atoms in total. The first-order chi connectivity index (χ1) is 25.5. The molecule has 2 bridgehead atoms. The van der Waals surface area contributed by atoms with Crippen molar-refractivity contribution < 1.29 is 23.1 Å². The largest absolute Gasteiger partial charge is 0.477 e. The van der Waals surface area contributed by atoms with Crippen molar-refractivity contribution in [1.29, 1.82) is 0 Å². The second-order valence-electron chi connectivity index (χ2n) is 14.1. The van der Waals surface area contributed by atoms with Crippen LogP contribution in [0.25, 0.3) is 22.3 Å². The second-order valence-corrected chi connectivity index (χ2v) is 14.1. The van der Waals surface area contributed by atoms with Crippen molar-refractivity contribution in [1.82, 2.24) is 34.1 Å². The molecule has 0 aliphatic carbocycles. The van der Waals surface area contributed by atoms with Crippen molar-refractivity contribution in [2.45, 2.75) is 52.6 Å². The number of carbonyl (C=O) groups excluding carboxylic acids is 2. The van der Waals surface area contributed by atoms with Gasteiger partial charge in [0.05, 0.1) is 35.1 Å². The fraction of sp³-hybridized carbons (Fsp3) is 0.410. The average Bonchev–Trinajstić information content (AvgIpc) is 3.67. The maximum Gasteiger partial charge on any atom is 0.258 e. The summed E-state index contributed by atoms with van der Waals surface area (Å²) in [5.41, 5.74) is 4.98. The van der Waals surface area contributed by atoms with Crippen LogP contribution in [0.15, 0.2) is 54.7 Å². The predicted molar refractivity (Wildman–Crippen MR) is 199 cm³/mol. The van der Waals surface area contributed by atoms with Gasteiger partial charge in [-0.05, 0) is 82.5 Å². The first kappa shape index (κ1) is 36.0. The Kier molecular flexibility index (Phi) is 10.4. The number of anilines is 2. The lowest BCUT2D eigenvalue weighted by Crippen LogP contribution is -2.50. The molecule has 0 saturated carbocycles. The number of hydrogen-bond donors (Lipinski definition) is 1. The standard InChI is InChI=1S/C39H45F2N9O3/c1-25(2)49(16-13-47-11-14-48(15-12-47)31-22-29(40)21-30(41)23-31)37(52)27-8-9-33-35(20-27)50-10-6-5-7-17-53-38-32(24-42-46(38)4)34-19-28(18-26(3)43-34)36(51)45-39(50)44-33/h8-9,18-25H,5-7,10-17H2,1-4H3,(H,44,45,51). The van der Waals surface area contributed by atoms with Crippen molar-refractivity contribution in [3.05, 3.63) is 83.2 Å². The molecule has 0 radical (unpaired) electrons. The highest BCUT2D eigenvalue weighted by Gasteiger charge is 2.25. The molecule has 2 aliphatic rings. The maximum atomic E-state index is 14.1. The van der Waals surface area contributed by atoms with Crippen LogP contribution >= 0.6 is 0 Å². The van der Waals surface area contributed by atoms with Crippen LogP contribution in [0.2, 0.25) is 0 Å². The van der Waals surface area contributed by atoms with E-state index in [1.807, 2.05) is 54.3 Å². The summed E-state index contributed by atoms with van der Waals surface area (Å²) in [5, 5.41) is 7.41. The van der Waals surface area contributed by atoms with Gasteiger partial charge in [0.2, 0.25) is 11.8 Å². The van der Waals surface area contributed by atoms with E-state index in [2.05, 4.69) is 20.3 Å². The number of piperazine rings is 1. The molecule has 5 aromatic rings.